The van der Waals surface area contributed by atoms with E-state index >= 15 is 0 Å². The summed E-state index contributed by atoms with van der Waals surface area (Å²) in [4.78, 5) is 0. The summed E-state index contributed by atoms with van der Waals surface area (Å²) in [7, 11) is 0. The third-order valence-electron chi connectivity index (χ3n) is 2.91. The van der Waals surface area contributed by atoms with Crippen molar-refractivity contribution in [2.24, 2.45) is 0 Å². The minimum atomic E-state index is -0.757. The van der Waals surface area contributed by atoms with Crippen LogP contribution in [-0.4, -0.2) is 24.0 Å². The Morgan fingerprint density at radius 3 is 2.55 bits per heavy atom. The lowest BCUT2D eigenvalue weighted by Gasteiger charge is -2.16. The lowest BCUT2D eigenvalue weighted by atomic mass is 10.0. The van der Waals surface area contributed by atoms with Gasteiger partial charge in [0.25, 0.3) is 0 Å². The van der Waals surface area contributed by atoms with Crippen molar-refractivity contribution >= 4 is 0 Å². The molecular formula is C16H17NO3. The van der Waals surface area contributed by atoms with Crippen LogP contribution >= 0.6 is 0 Å². The number of ether oxygens (including phenoxy) is 2. The van der Waals surface area contributed by atoms with Gasteiger partial charge in [-0.2, -0.15) is 0 Å². The Morgan fingerprint density at radius 2 is 1.95 bits per heavy atom. The first kappa shape index (κ1) is 14.3. The first-order chi connectivity index (χ1) is 9.46. The van der Waals surface area contributed by atoms with Crippen LogP contribution in [0, 0.1) is 24.7 Å². The predicted octanol–water partition coefficient (Wildman–Crippen LogP) is 1.43. The fourth-order valence-electron chi connectivity index (χ4n) is 2.08. The van der Waals surface area contributed by atoms with Gasteiger partial charge in [0.05, 0.1) is 12.6 Å². The average Bonchev–Trinajstić information content (AvgIpc) is 2.70. The van der Waals surface area contributed by atoms with E-state index in [1.807, 2.05) is 13.8 Å². The second-order valence-electron chi connectivity index (χ2n) is 4.99. The fraction of sp³-hybridized carbons (Fsp3) is 0.375. The summed E-state index contributed by atoms with van der Waals surface area (Å²) in [5.41, 5.74) is 1.21. The summed E-state index contributed by atoms with van der Waals surface area (Å²) in [6.07, 6.45) is 9.89. The average molecular weight is 271 g/mol. The van der Waals surface area contributed by atoms with E-state index in [2.05, 4.69) is 17.2 Å². The summed E-state index contributed by atoms with van der Waals surface area (Å²) < 4.78 is 11.3. The van der Waals surface area contributed by atoms with E-state index in [4.69, 9.17) is 22.3 Å². The van der Waals surface area contributed by atoms with Crippen molar-refractivity contribution in [1.29, 1.82) is 0 Å². The number of hydrogen-bond donors (Lipinski definition) is 2. The molecule has 1 aromatic carbocycles. The zero-order valence-electron chi connectivity index (χ0n) is 11.6. The molecule has 104 valence electrons. The number of rotatable bonds is 4. The largest absolute Gasteiger partial charge is 0.449 e. The smallest absolute Gasteiger partial charge is 0.246 e. The highest BCUT2D eigenvalue weighted by atomic mass is 16.7. The molecule has 0 saturated carbocycles. The molecule has 0 radical (unpaired) electrons. The van der Waals surface area contributed by atoms with Crippen molar-refractivity contribution in [1.82, 2.24) is 5.32 Å². The molecule has 1 aromatic rings. The number of nitrogens with one attached hydrogen (secondary N) is 1. The van der Waals surface area contributed by atoms with Gasteiger partial charge in [0, 0.05) is 37.6 Å². The number of fused-ring (bicyclic) bond motifs is 1. The molecule has 0 saturated heterocycles. The molecule has 0 aliphatic carbocycles. The maximum atomic E-state index is 10.2. The van der Waals surface area contributed by atoms with Crippen LogP contribution in [0.3, 0.4) is 0 Å². The van der Waals surface area contributed by atoms with Gasteiger partial charge in [-0.05, 0) is 6.07 Å². The second kappa shape index (κ2) is 5.46. The Bertz CT molecular complexity index is 593. The quantitative estimate of drug-likeness (QED) is 0.642. The number of benzene rings is 1. The Kier molecular flexibility index (Phi) is 3.90. The molecule has 0 bridgehead atoms. The van der Waals surface area contributed by atoms with E-state index in [1.54, 1.807) is 12.1 Å². The van der Waals surface area contributed by atoms with Crippen LogP contribution in [0.15, 0.2) is 12.1 Å². The molecule has 4 heteroatoms. The first-order valence-electron chi connectivity index (χ1n) is 6.31. The second-order valence-corrected chi connectivity index (χ2v) is 4.99. The van der Waals surface area contributed by atoms with Gasteiger partial charge >= 0.3 is 0 Å². The zero-order valence-corrected chi connectivity index (χ0v) is 11.6. The van der Waals surface area contributed by atoms with E-state index in [-0.39, 0.29) is 0 Å². The van der Waals surface area contributed by atoms with Crippen molar-refractivity contribution in [2.45, 2.75) is 25.7 Å². The molecule has 1 aliphatic heterocycles. The number of terminal acetylenes is 2. The molecule has 0 amide bonds. The molecule has 0 aromatic heterocycles. The van der Waals surface area contributed by atoms with Gasteiger partial charge in [-0.15, -0.1) is 12.8 Å². The lowest BCUT2D eigenvalue weighted by molar-refractivity contribution is -0.0432. The van der Waals surface area contributed by atoms with Gasteiger partial charge in [-0.25, -0.2) is 0 Å². The van der Waals surface area contributed by atoms with Crippen molar-refractivity contribution in [2.75, 3.05) is 13.1 Å². The standard InChI is InChI=1S/C16H17NO3/c1-5-7-17-10-13(18)12-9-15-14(8-11(12)6-2)19-16(3,4)20-15/h1-2,8-9,13,17-18H,7,10H2,3-4H3. The maximum Gasteiger partial charge on any atom is 0.246 e. The topological polar surface area (TPSA) is 50.7 Å². The minimum absolute atomic E-state index is 0.321. The van der Waals surface area contributed by atoms with Crippen molar-refractivity contribution in [3.05, 3.63) is 23.3 Å². The van der Waals surface area contributed by atoms with Gasteiger partial charge in [-0.1, -0.05) is 11.8 Å². The van der Waals surface area contributed by atoms with Gasteiger partial charge in [-0.3, -0.25) is 0 Å². The van der Waals surface area contributed by atoms with Crippen LogP contribution in [0.2, 0.25) is 0 Å². The molecule has 0 fully saturated rings. The molecule has 20 heavy (non-hydrogen) atoms. The summed E-state index contributed by atoms with van der Waals surface area (Å²) in [5, 5.41) is 13.1. The SMILES string of the molecule is C#CCNCC(O)c1cc2c(cc1C#C)OC(C)(C)O2. The summed E-state index contributed by atoms with van der Waals surface area (Å²) in [5.74, 6) is 5.46. The van der Waals surface area contributed by atoms with Crippen molar-refractivity contribution in [3.63, 3.8) is 0 Å². The summed E-state index contributed by atoms with van der Waals surface area (Å²) >= 11 is 0. The van der Waals surface area contributed by atoms with Crippen LogP contribution in [0.25, 0.3) is 0 Å². The molecule has 1 atom stereocenters. The lowest BCUT2D eigenvalue weighted by Crippen LogP contribution is -2.29. The number of hydrogen-bond acceptors (Lipinski definition) is 4. The highest BCUT2D eigenvalue weighted by Crippen LogP contribution is 2.41. The predicted molar refractivity (Wildman–Crippen MR) is 76.4 cm³/mol. The van der Waals surface area contributed by atoms with Crippen LogP contribution in [0.1, 0.15) is 31.1 Å². The summed E-state index contributed by atoms with van der Waals surface area (Å²) in [6, 6.07) is 3.44. The molecular weight excluding hydrogens is 254 g/mol. The van der Waals surface area contributed by atoms with Crippen molar-refractivity contribution < 1.29 is 14.6 Å². The van der Waals surface area contributed by atoms with E-state index in [9.17, 15) is 5.11 Å². The molecule has 2 N–H and O–H groups in total. The Hall–Kier alpha value is -2.14. The first-order valence-corrected chi connectivity index (χ1v) is 6.31. The van der Waals surface area contributed by atoms with E-state index in [0.29, 0.717) is 35.7 Å². The summed E-state index contributed by atoms with van der Waals surface area (Å²) in [6.45, 7) is 4.34. The Labute approximate surface area is 119 Å². The number of aliphatic hydroxyl groups is 1. The zero-order chi connectivity index (χ0) is 14.8. The Balaban J connectivity index is 2.27. The number of aliphatic hydroxyl groups excluding tert-OH is 1. The normalized spacial score (nSPS) is 16.2. The van der Waals surface area contributed by atoms with Crippen LogP contribution in [0.4, 0.5) is 0 Å². The fourth-order valence-corrected chi connectivity index (χ4v) is 2.08. The van der Waals surface area contributed by atoms with Gasteiger partial charge in [0.15, 0.2) is 11.5 Å². The van der Waals surface area contributed by atoms with Gasteiger partial charge in [0.2, 0.25) is 5.79 Å². The minimum Gasteiger partial charge on any atom is -0.449 e. The van der Waals surface area contributed by atoms with Crippen LogP contribution < -0.4 is 14.8 Å². The van der Waals surface area contributed by atoms with Crippen molar-refractivity contribution in [3.8, 4) is 36.2 Å². The van der Waals surface area contributed by atoms with Crippen LogP contribution in [0.5, 0.6) is 11.5 Å². The van der Waals surface area contributed by atoms with Crippen LogP contribution in [-0.2, 0) is 0 Å². The molecule has 4 nitrogen and oxygen atoms in total. The van der Waals surface area contributed by atoms with Gasteiger partial charge in [0.1, 0.15) is 0 Å². The molecule has 1 heterocycles. The van der Waals surface area contributed by atoms with E-state index in [1.165, 1.54) is 0 Å². The van der Waals surface area contributed by atoms with E-state index in [0.717, 1.165) is 0 Å². The third kappa shape index (κ3) is 2.88. The highest BCUT2D eigenvalue weighted by molar-refractivity contribution is 5.55. The monoisotopic (exact) mass is 271 g/mol. The third-order valence-corrected chi connectivity index (χ3v) is 2.91. The molecule has 1 aliphatic rings. The molecule has 1 unspecified atom stereocenters. The van der Waals surface area contributed by atoms with E-state index < -0.39 is 11.9 Å². The molecule has 2 rings (SSSR count). The molecule has 0 spiro atoms. The Morgan fingerprint density at radius 1 is 1.30 bits per heavy atom. The highest BCUT2D eigenvalue weighted by Gasteiger charge is 2.33. The maximum absolute atomic E-state index is 10.2. The van der Waals surface area contributed by atoms with Gasteiger partial charge < -0.3 is 19.9 Å².